The van der Waals surface area contributed by atoms with E-state index in [4.69, 9.17) is 14.6 Å². The summed E-state index contributed by atoms with van der Waals surface area (Å²) < 4.78 is 13.1. The van der Waals surface area contributed by atoms with Crippen molar-refractivity contribution >= 4 is 25.4 Å². The lowest BCUT2D eigenvalue weighted by Gasteiger charge is -2.26. The van der Waals surface area contributed by atoms with Gasteiger partial charge in [-0.2, -0.15) is 5.10 Å². The summed E-state index contributed by atoms with van der Waals surface area (Å²) >= 11 is 0. The molecule has 9 nitrogen and oxygen atoms in total. The summed E-state index contributed by atoms with van der Waals surface area (Å²) in [7, 11) is -1.63. The zero-order valence-electron chi connectivity index (χ0n) is 22.5. The predicted octanol–water partition coefficient (Wildman–Crippen LogP) is 2.89. The molecule has 0 spiro atoms. The first-order chi connectivity index (χ1) is 18.4. The minimum atomic E-state index is -1.63. The van der Waals surface area contributed by atoms with E-state index in [9.17, 15) is 14.8 Å². The fourth-order valence-corrected chi connectivity index (χ4v) is 4.53. The van der Waals surface area contributed by atoms with Crippen LogP contribution in [0.3, 0.4) is 0 Å². The van der Waals surface area contributed by atoms with Crippen LogP contribution in [-0.2, 0) is 16.1 Å². The number of halogens is 1. The minimum absolute atomic E-state index is 0. The highest BCUT2D eigenvalue weighted by Crippen LogP contribution is 2.28. The Balaban J connectivity index is 0.00000420. The highest BCUT2D eigenvalue weighted by atomic mass is 35.5. The summed E-state index contributed by atoms with van der Waals surface area (Å²) in [4.78, 5) is 15.2. The van der Waals surface area contributed by atoms with Crippen molar-refractivity contribution in [3.63, 3.8) is 0 Å². The number of aromatic nitrogens is 2. The average Bonchev–Trinajstić information content (AvgIpc) is 3.33. The quantitative estimate of drug-likeness (QED) is 0.294. The van der Waals surface area contributed by atoms with E-state index in [1.165, 1.54) is 0 Å². The zero-order chi connectivity index (χ0) is 26.9. The van der Waals surface area contributed by atoms with Crippen molar-refractivity contribution in [2.45, 2.75) is 32.8 Å². The van der Waals surface area contributed by atoms with Gasteiger partial charge in [-0.15, -0.1) is 12.4 Å². The van der Waals surface area contributed by atoms with Crippen LogP contribution in [0.1, 0.15) is 20.3 Å². The molecule has 1 amide bonds. The maximum absolute atomic E-state index is 12.9. The normalized spacial score (nSPS) is 14.5. The summed E-state index contributed by atoms with van der Waals surface area (Å²) in [5.41, 5.74) is 3.32. The molecule has 3 N–H and O–H groups in total. The van der Waals surface area contributed by atoms with Crippen LogP contribution in [-0.4, -0.2) is 83.2 Å². The fraction of sp³-hybridized carbons (Fsp3) is 0.429. The number of ether oxygens (including phenoxy) is 2. The number of hydrogen-bond donors (Lipinski definition) is 3. The van der Waals surface area contributed by atoms with Gasteiger partial charge in [0.2, 0.25) is 5.91 Å². The van der Waals surface area contributed by atoms with Gasteiger partial charge in [-0.3, -0.25) is 14.4 Å². The molecule has 1 aliphatic heterocycles. The number of rotatable bonds is 12. The summed E-state index contributed by atoms with van der Waals surface area (Å²) in [6, 6.07) is 19.5. The van der Waals surface area contributed by atoms with E-state index in [0.717, 1.165) is 61.1 Å². The number of carbonyl (C=O) groups excluding carboxylic acids is 1. The third-order valence-corrected chi connectivity index (χ3v) is 6.48. The van der Waals surface area contributed by atoms with E-state index in [2.05, 4.69) is 10.2 Å². The summed E-state index contributed by atoms with van der Waals surface area (Å²) in [5.74, 6) is -0.126. The Hall–Kier alpha value is -2.89. The van der Waals surface area contributed by atoms with Gasteiger partial charge in [-0.25, -0.2) is 0 Å². The van der Waals surface area contributed by atoms with Gasteiger partial charge in [-0.1, -0.05) is 56.3 Å². The fourth-order valence-electron chi connectivity index (χ4n) is 4.53. The lowest BCUT2D eigenvalue weighted by atomic mass is 9.75. The lowest BCUT2D eigenvalue weighted by Crippen LogP contribution is -2.48. The molecule has 4 rings (SSSR count). The maximum Gasteiger partial charge on any atom is 0.475 e. The van der Waals surface area contributed by atoms with Crippen LogP contribution in [0.25, 0.3) is 22.5 Å². The van der Waals surface area contributed by atoms with Crippen molar-refractivity contribution in [3.8, 4) is 28.3 Å². The monoisotopic (exact) mass is 556 g/mol. The third-order valence-electron chi connectivity index (χ3n) is 6.48. The van der Waals surface area contributed by atoms with Crippen molar-refractivity contribution in [3.05, 3.63) is 60.7 Å². The SMILES string of the molecule is CC(C)CC(NC(=O)Cn1nc(-c2cccc(OCCN3CCOCC3)c2)cc1-c1ccccc1)B(O)O.Cl. The molecule has 2 heterocycles. The van der Waals surface area contributed by atoms with E-state index in [1.807, 2.05) is 74.5 Å². The molecule has 0 saturated carbocycles. The van der Waals surface area contributed by atoms with Crippen LogP contribution >= 0.6 is 12.4 Å². The molecule has 210 valence electrons. The van der Waals surface area contributed by atoms with Crippen molar-refractivity contribution in [1.82, 2.24) is 20.0 Å². The third kappa shape index (κ3) is 9.08. The number of carbonyl (C=O) groups is 1. The molecule has 0 bridgehead atoms. The number of nitrogens with zero attached hydrogens (tertiary/aromatic N) is 3. The molecule has 1 aromatic heterocycles. The van der Waals surface area contributed by atoms with Gasteiger partial charge < -0.3 is 24.8 Å². The molecule has 1 atom stereocenters. The number of benzene rings is 2. The Morgan fingerprint density at radius 2 is 1.79 bits per heavy atom. The van der Waals surface area contributed by atoms with Crippen LogP contribution in [0.5, 0.6) is 5.75 Å². The second-order valence-corrected chi connectivity index (χ2v) is 9.99. The van der Waals surface area contributed by atoms with Gasteiger partial charge in [0.25, 0.3) is 0 Å². The van der Waals surface area contributed by atoms with Gasteiger partial charge in [0.15, 0.2) is 0 Å². The van der Waals surface area contributed by atoms with E-state index in [1.54, 1.807) is 4.68 Å². The first-order valence-electron chi connectivity index (χ1n) is 13.2. The Bertz CT molecular complexity index is 1170. The molecule has 1 unspecified atom stereocenters. The van der Waals surface area contributed by atoms with Crippen molar-refractivity contribution in [2.75, 3.05) is 39.5 Å². The molecular formula is C28H38BClN4O5. The van der Waals surface area contributed by atoms with E-state index < -0.39 is 13.1 Å². The molecule has 3 aromatic rings. The van der Waals surface area contributed by atoms with Crippen molar-refractivity contribution in [1.29, 1.82) is 0 Å². The summed E-state index contributed by atoms with van der Waals surface area (Å²) in [5, 5.41) is 27.0. The van der Waals surface area contributed by atoms with Crippen molar-refractivity contribution < 1.29 is 24.3 Å². The minimum Gasteiger partial charge on any atom is -0.492 e. The standard InChI is InChI=1S/C28H37BN4O5.ClH/c1-21(2)17-27(29(35)36)30-28(34)20-33-26(22-7-4-3-5-8-22)19-25(31-33)23-9-6-10-24(18-23)38-16-13-32-11-14-37-15-12-32;/h3-10,18-19,21,27,35-36H,11-17,20H2,1-2H3,(H,30,34);1H. The first-order valence-corrected chi connectivity index (χ1v) is 13.2. The lowest BCUT2D eigenvalue weighted by molar-refractivity contribution is -0.122. The van der Waals surface area contributed by atoms with Crippen LogP contribution in [0.2, 0.25) is 0 Å². The number of morpholine rings is 1. The molecule has 11 heteroatoms. The molecule has 1 aliphatic rings. The molecule has 39 heavy (non-hydrogen) atoms. The second kappa shape index (κ2) is 15.0. The average molecular weight is 557 g/mol. The van der Waals surface area contributed by atoms with E-state index >= 15 is 0 Å². The van der Waals surface area contributed by atoms with Crippen LogP contribution in [0, 0.1) is 5.92 Å². The number of amides is 1. The number of hydrogen-bond acceptors (Lipinski definition) is 7. The Kier molecular flexibility index (Phi) is 11.8. The van der Waals surface area contributed by atoms with Crippen LogP contribution < -0.4 is 10.1 Å². The number of nitrogens with one attached hydrogen (secondary N) is 1. The topological polar surface area (TPSA) is 109 Å². The first kappa shape index (κ1) is 30.7. The molecule has 0 aliphatic carbocycles. The largest absolute Gasteiger partial charge is 0.492 e. The predicted molar refractivity (Wildman–Crippen MR) is 155 cm³/mol. The van der Waals surface area contributed by atoms with Gasteiger partial charge in [0.1, 0.15) is 18.9 Å². The van der Waals surface area contributed by atoms with Gasteiger partial charge >= 0.3 is 7.12 Å². The molecule has 0 radical (unpaired) electrons. The molecular weight excluding hydrogens is 519 g/mol. The molecule has 1 saturated heterocycles. The molecule has 1 fully saturated rings. The van der Waals surface area contributed by atoms with Crippen LogP contribution in [0.4, 0.5) is 0 Å². The summed E-state index contributed by atoms with van der Waals surface area (Å²) in [6.07, 6.45) is 0.456. The van der Waals surface area contributed by atoms with Gasteiger partial charge in [-0.05, 0) is 36.1 Å². The van der Waals surface area contributed by atoms with Gasteiger partial charge in [0, 0.05) is 25.2 Å². The van der Waals surface area contributed by atoms with Crippen LogP contribution in [0.15, 0.2) is 60.7 Å². The van der Waals surface area contributed by atoms with Crippen molar-refractivity contribution in [2.24, 2.45) is 5.92 Å². The zero-order valence-corrected chi connectivity index (χ0v) is 23.3. The smallest absolute Gasteiger partial charge is 0.475 e. The maximum atomic E-state index is 12.9. The Morgan fingerprint density at radius 1 is 1.08 bits per heavy atom. The van der Waals surface area contributed by atoms with E-state index in [0.29, 0.717) is 13.0 Å². The summed E-state index contributed by atoms with van der Waals surface area (Å²) in [6.45, 7) is 8.68. The second-order valence-electron chi connectivity index (χ2n) is 9.99. The highest BCUT2D eigenvalue weighted by Gasteiger charge is 2.26. The Labute approximate surface area is 236 Å². The highest BCUT2D eigenvalue weighted by molar-refractivity contribution is 6.43. The Morgan fingerprint density at radius 3 is 2.49 bits per heavy atom. The van der Waals surface area contributed by atoms with E-state index in [-0.39, 0.29) is 30.8 Å². The molecule has 2 aromatic carbocycles. The van der Waals surface area contributed by atoms with Gasteiger partial charge in [0.05, 0.1) is 30.5 Å².